The Morgan fingerprint density at radius 3 is 2.68 bits per heavy atom. The molecule has 2 aliphatic rings. The fourth-order valence-corrected chi connectivity index (χ4v) is 4.30. The van der Waals surface area contributed by atoms with Crippen LogP contribution in [-0.4, -0.2) is 29.6 Å². The number of hydrogen-bond acceptors (Lipinski definition) is 5. The van der Waals surface area contributed by atoms with Crippen molar-refractivity contribution in [1.29, 1.82) is 0 Å². The largest absolute Gasteiger partial charge is 0.480 e. The monoisotopic (exact) mass is 478 g/mol. The lowest BCUT2D eigenvalue weighted by atomic mass is 10.1. The molecule has 5 rings (SSSR count). The number of nitrogens with zero attached hydrogens (tertiary/aromatic N) is 1. The van der Waals surface area contributed by atoms with Gasteiger partial charge in [0, 0.05) is 24.3 Å². The number of rotatable bonds is 5. The number of nitrogens with one attached hydrogen (secondary N) is 1. The van der Waals surface area contributed by atoms with E-state index >= 15 is 0 Å². The highest BCUT2D eigenvalue weighted by atomic mass is 35.5. The molecule has 0 saturated carbocycles. The Bertz CT molecular complexity index is 1260. The van der Waals surface area contributed by atoms with E-state index in [1.807, 2.05) is 31.2 Å². The summed E-state index contributed by atoms with van der Waals surface area (Å²) in [6.07, 6.45) is -0.0419. The van der Waals surface area contributed by atoms with Gasteiger partial charge in [-0.05, 0) is 54.4 Å². The zero-order valence-electron chi connectivity index (χ0n) is 18.5. The summed E-state index contributed by atoms with van der Waals surface area (Å²) in [6, 6.07) is 17.9. The molecule has 34 heavy (non-hydrogen) atoms. The molecule has 0 aliphatic carbocycles. The summed E-state index contributed by atoms with van der Waals surface area (Å²) in [5.74, 6) is 1.61. The minimum absolute atomic E-state index is 0.0852. The summed E-state index contributed by atoms with van der Waals surface area (Å²) in [5.41, 5.74) is 2.72. The van der Waals surface area contributed by atoms with Crippen molar-refractivity contribution in [2.24, 2.45) is 0 Å². The molecule has 3 aromatic rings. The third-order valence-electron chi connectivity index (χ3n) is 5.84. The highest BCUT2D eigenvalue weighted by Gasteiger charge is 2.30. The summed E-state index contributed by atoms with van der Waals surface area (Å²) in [5, 5.41) is 3.27. The van der Waals surface area contributed by atoms with E-state index in [1.54, 1.807) is 41.3 Å². The highest BCUT2D eigenvalue weighted by molar-refractivity contribution is 6.34. The van der Waals surface area contributed by atoms with Crippen molar-refractivity contribution in [1.82, 2.24) is 4.90 Å². The van der Waals surface area contributed by atoms with Crippen LogP contribution < -0.4 is 19.5 Å². The van der Waals surface area contributed by atoms with Gasteiger partial charge in [-0.2, -0.15) is 0 Å². The fourth-order valence-electron chi connectivity index (χ4n) is 4.08. The Balaban J connectivity index is 1.40. The number of carbonyl (C=O) groups is 2. The maximum atomic E-state index is 13.2. The maximum Gasteiger partial charge on any atom is 0.264 e. The number of halogens is 1. The second-order valence-electron chi connectivity index (χ2n) is 8.15. The first-order chi connectivity index (χ1) is 16.5. The molecule has 0 aromatic heterocycles. The van der Waals surface area contributed by atoms with Gasteiger partial charge in [-0.25, -0.2) is 0 Å². The second kappa shape index (κ2) is 9.27. The summed E-state index contributed by atoms with van der Waals surface area (Å²) in [6.45, 7) is 2.85. The van der Waals surface area contributed by atoms with E-state index in [0.29, 0.717) is 53.0 Å². The van der Waals surface area contributed by atoms with Crippen LogP contribution in [0.5, 0.6) is 17.2 Å². The lowest BCUT2D eigenvalue weighted by Crippen LogP contribution is -2.38. The number of benzene rings is 3. The molecule has 0 saturated heterocycles. The van der Waals surface area contributed by atoms with Crippen molar-refractivity contribution in [3.63, 3.8) is 0 Å². The molecule has 174 valence electrons. The van der Waals surface area contributed by atoms with Gasteiger partial charge in [-0.3, -0.25) is 9.59 Å². The van der Waals surface area contributed by atoms with Crippen LogP contribution in [0.25, 0.3) is 0 Å². The second-order valence-corrected chi connectivity index (χ2v) is 8.56. The first-order valence-electron chi connectivity index (χ1n) is 11.0. The molecule has 0 spiro atoms. The van der Waals surface area contributed by atoms with Crippen molar-refractivity contribution in [3.05, 3.63) is 82.4 Å². The Labute approximate surface area is 202 Å². The Hall–Kier alpha value is -3.71. The SMILES string of the molecule is CCC1Oc2ccc(NC(=O)c3ccccc3Cl)cc2CN(Cc2ccc3c(c2)OCO3)C1=O. The van der Waals surface area contributed by atoms with E-state index in [2.05, 4.69) is 5.32 Å². The molecular formula is C26H23ClN2O5. The van der Waals surface area contributed by atoms with Crippen LogP contribution in [0, 0.1) is 0 Å². The van der Waals surface area contributed by atoms with Crippen LogP contribution in [0.3, 0.4) is 0 Å². The minimum atomic E-state index is -0.584. The molecule has 7 nitrogen and oxygen atoms in total. The van der Waals surface area contributed by atoms with Gasteiger partial charge in [0.05, 0.1) is 10.6 Å². The van der Waals surface area contributed by atoms with Gasteiger partial charge in [0.25, 0.3) is 11.8 Å². The predicted molar refractivity (Wildman–Crippen MR) is 127 cm³/mol. The molecule has 2 amide bonds. The van der Waals surface area contributed by atoms with Gasteiger partial charge in [0.2, 0.25) is 6.79 Å². The van der Waals surface area contributed by atoms with E-state index in [4.69, 9.17) is 25.8 Å². The van der Waals surface area contributed by atoms with Crippen LogP contribution in [0.15, 0.2) is 60.7 Å². The number of hydrogen-bond donors (Lipinski definition) is 1. The molecule has 0 bridgehead atoms. The maximum absolute atomic E-state index is 13.2. The van der Waals surface area contributed by atoms with Gasteiger partial charge in [0.15, 0.2) is 17.6 Å². The van der Waals surface area contributed by atoms with E-state index < -0.39 is 6.10 Å². The number of ether oxygens (including phenoxy) is 3. The van der Waals surface area contributed by atoms with Crippen LogP contribution in [-0.2, 0) is 17.9 Å². The number of carbonyl (C=O) groups excluding carboxylic acids is 2. The molecule has 3 aromatic carbocycles. The highest BCUT2D eigenvalue weighted by Crippen LogP contribution is 2.34. The molecule has 1 N–H and O–H groups in total. The zero-order valence-corrected chi connectivity index (χ0v) is 19.3. The first kappa shape index (κ1) is 22.1. The van der Waals surface area contributed by atoms with Gasteiger partial charge in [-0.1, -0.05) is 36.7 Å². The Kier molecular flexibility index (Phi) is 6.02. The van der Waals surface area contributed by atoms with Crippen molar-refractivity contribution in [2.45, 2.75) is 32.5 Å². The van der Waals surface area contributed by atoms with Gasteiger partial charge < -0.3 is 24.4 Å². The first-order valence-corrected chi connectivity index (χ1v) is 11.4. The van der Waals surface area contributed by atoms with Crippen LogP contribution >= 0.6 is 11.6 Å². The van der Waals surface area contributed by atoms with Crippen molar-refractivity contribution in [3.8, 4) is 17.2 Å². The Morgan fingerprint density at radius 1 is 1.06 bits per heavy atom. The molecule has 8 heteroatoms. The fraction of sp³-hybridized carbons (Fsp3) is 0.231. The van der Waals surface area contributed by atoms with Gasteiger partial charge >= 0.3 is 0 Å². The molecule has 2 heterocycles. The summed E-state index contributed by atoms with van der Waals surface area (Å²) in [4.78, 5) is 27.7. The lowest BCUT2D eigenvalue weighted by Gasteiger charge is -2.23. The number of anilines is 1. The van der Waals surface area contributed by atoms with E-state index in [-0.39, 0.29) is 18.6 Å². The van der Waals surface area contributed by atoms with Crippen molar-refractivity contribution < 1.29 is 23.8 Å². The lowest BCUT2D eigenvalue weighted by molar-refractivity contribution is -0.139. The standard InChI is InChI=1S/C26H23ClN2O5/c1-2-21-26(31)29(13-16-7-9-23-24(11-16)33-15-32-23)14-17-12-18(8-10-22(17)34-21)28-25(30)19-5-3-4-6-20(19)27/h3-12,21H,2,13-15H2,1H3,(H,28,30). The van der Waals surface area contributed by atoms with Gasteiger partial charge in [-0.15, -0.1) is 0 Å². The summed E-state index contributed by atoms with van der Waals surface area (Å²) < 4.78 is 16.9. The zero-order chi connectivity index (χ0) is 23.7. The summed E-state index contributed by atoms with van der Waals surface area (Å²) in [7, 11) is 0. The normalized spacial score (nSPS) is 16.5. The molecular weight excluding hydrogens is 456 g/mol. The van der Waals surface area contributed by atoms with Crippen LogP contribution in [0.2, 0.25) is 5.02 Å². The Morgan fingerprint density at radius 2 is 1.85 bits per heavy atom. The molecule has 2 aliphatic heterocycles. The average molecular weight is 479 g/mol. The third-order valence-corrected chi connectivity index (χ3v) is 6.17. The van der Waals surface area contributed by atoms with Crippen molar-refractivity contribution >= 4 is 29.1 Å². The van der Waals surface area contributed by atoms with Crippen molar-refractivity contribution in [2.75, 3.05) is 12.1 Å². The number of fused-ring (bicyclic) bond motifs is 2. The van der Waals surface area contributed by atoms with Crippen LogP contribution in [0.4, 0.5) is 5.69 Å². The molecule has 0 fully saturated rings. The number of amides is 2. The smallest absolute Gasteiger partial charge is 0.264 e. The minimum Gasteiger partial charge on any atom is -0.480 e. The van der Waals surface area contributed by atoms with Gasteiger partial charge in [0.1, 0.15) is 5.75 Å². The predicted octanol–water partition coefficient (Wildman–Crippen LogP) is 5.02. The third kappa shape index (κ3) is 4.39. The average Bonchev–Trinajstić information content (AvgIpc) is 3.26. The molecule has 0 radical (unpaired) electrons. The topological polar surface area (TPSA) is 77.1 Å². The van der Waals surface area contributed by atoms with E-state index in [0.717, 1.165) is 11.1 Å². The molecule has 1 unspecified atom stereocenters. The summed E-state index contributed by atoms with van der Waals surface area (Å²) >= 11 is 6.16. The van der Waals surface area contributed by atoms with Crippen LogP contribution in [0.1, 0.15) is 34.8 Å². The molecule has 1 atom stereocenters. The van der Waals surface area contributed by atoms with E-state index in [9.17, 15) is 9.59 Å². The quantitative estimate of drug-likeness (QED) is 0.557. The van der Waals surface area contributed by atoms with E-state index in [1.165, 1.54) is 0 Å².